The number of aromatic nitrogens is 2. The number of halogens is 3. The van der Waals surface area contributed by atoms with E-state index in [1.54, 1.807) is 25.3 Å². The van der Waals surface area contributed by atoms with Gasteiger partial charge in [0.05, 0.1) is 19.3 Å². The first kappa shape index (κ1) is 14.2. The van der Waals surface area contributed by atoms with Gasteiger partial charge < -0.3 is 10.1 Å². The molecule has 1 heterocycles. The fraction of sp³-hybridized carbons (Fsp3) is 0.308. The second-order valence-electron chi connectivity index (χ2n) is 4.23. The molecule has 2 rings (SSSR count). The number of nitrogens with one attached hydrogen (secondary N) is 1. The average molecular weight is 285 g/mol. The highest BCUT2D eigenvalue weighted by Gasteiger charge is 2.34. The quantitative estimate of drug-likeness (QED) is 0.938. The topological polar surface area (TPSA) is 39.1 Å². The van der Waals surface area contributed by atoms with E-state index >= 15 is 0 Å². The van der Waals surface area contributed by atoms with Crippen molar-refractivity contribution in [1.82, 2.24) is 9.78 Å². The normalized spacial score (nSPS) is 11.4. The molecular formula is C13H14F3N3O. The molecule has 2 aromatic rings. The van der Waals surface area contributed by atoms with E-state index in [0.717, 1.165) is 11.8 Å². The van der Waals surface area contributed by atoms with Gasteiger partial charge in [-0.3, -0.25) is 4.68 Å². The molecule has 108 valence electrons. The zero-order chi connectivity index (χ0) is 14.8. The first-order chi connectivity index (χ1) is 9.40. The van der Waals surface area contributed by atoms with Crippen LogP contribution in [0.25, 0.3) is 0 Å². The van der Waals surface area contributed by atoms with Gasteiger partial charge in [0.1, 0.15) is 5.75 Å². The molecule has 0 aliphatic carbocycles. The molecule has 0 aliphatic rings. The molecule has 1 aromatic carbocycles. The molecule has 0 bridgehead atoms. The maximum atomic E-state index is 12.5. The maximum absolute atomic E-state index is 12.5. The summed E-state index contributed by atoms with van der Waals surface area (Å²) in [5.41, 5.74) is 0.321. The van der Waals surface area contributed by atoms with Crippen molar-refractivity contribution in [2.24, 2.45) is 7.05 Å². The van der Waals surface area contributed by atoms with E-state index in [4.69, 9.17) is 4.74 Å². The Labute approximate surface area is 114 Å². The van der Waals surface area contributed by atoms with Crippen LogP contribution >= 0.6 is 0 Å². The lowest BCUT2D eigenvalue weighted by Gasteiger charge is -2.08. The highest BCUT2D eigenvalue weighted by Crippen LogP contribution is 2.28. The van der Waals surface area contributed by atoms with Crippen LogP contribution < -0.4 is 10.1 Å². The highest BCUT2D eigenvalue weighted by atomic mass is 19.4. The summed E-state index contributed by atoms with van der Waals surface area (Å²) in [4.78, 5) is 0. The van der Waals surface area contributed by atoms with Gasteiger partial charge in [0.25, 0.3) is 0 Å². The number of aryl methyl sites for hydroxylation is 1. The van der Waals surface area contributed by atoms with Crippen LogP contribution in [0.4, 0.5) is 18.9 Å². The lowest BCUT2D eigenvalue weighted by Crippen LogP contribution is -2.07. The van der Waals surface area contributed by atoms with Crippen LogP contribution in [-0.2, 0) is 19.8 Å². The largest absolute Gasteiger partial charge is 0.497 e. The summed E-state index contributed by atoms with van der Waals surface area (Å²) >= 11 is 0. The highest BCUT2D eigenvalue weighted by molar-refractivity contribution is 5.48. The fourth-order valence-corrected chi connectivity index (χ4v) is 1.74. The molecule has 0 saturated heterocycles. The molecule has 4 nitrogen and oxygen atoms in total. The number of rotatable bonds is 4. The molecule has 0 saturated carbocycles. The summed E-state index contributed by atoms with van der Waals surface area (Å²) in [5, 5.41) is 6.49. The summed E-state index contributed by atoms with van der Waals surface area (Å²) in [6.45, 7) is 0.243. The lowest BCUT2D eigenvalue weighted by molar-refractivity contribution is -0.141. The lowest BCUT2D eigenvalue weighted by atomic mass is 10.3. The molecule has 0 spiro atoms. The van der Waals surface area contributed by atoms with E-state index in [-0.39, 0.29) is 6.54 Å². The second-order valence-corrected chi connectivity index (χ2v) is 4.23. The molecule has 0 fully saturated rings. The summed E-state index contributed by atoms with van der Waals surface area (Å²) in [6, 6.07) is 8.19. The summed E-state index contributed by atoms with van der Waals surface area (Å²) in [7, 11) is 3.04. The zero-order valence-corrected chi connectivity index (χ0v) is 11.0. The van der Waals surface area contributed by atoms with Gasteiger partial charge in [0, 0.05) is 18.8 Å². The minimum absolute atomic E-state index is 0.243. The van der Waals surface area contributed by atoms with Crippen LogP contribution in [0, 0.1) is 0 Å². The Bertz CT molecular complexity index is 593. The smallest absolute Gasteiger partial charge is 0.435 e. The van der Waals surface area contributed by atoms with E-state index in [1.807, 2.05) is 6.07 Å². The SMILES string of the molecule is COc1cccc(NCc2cc(C(F)(F)F)nn2C)c1. The molecule has 1 aromatic heterocycles. The van der Waals surface area contributed by atoms with Crippen molar-refractivity contribution in [3.05, 3.63) is 41.7 Å². The third-order valence-electron chi connectivity index (χ3n) is 2.81. The van der Waals surface area contributed by atoms with Crippen molar-refractivity contribution in [2.75, 3.05) is 12.4 Å². The summed E-state index contributed by atoms with van der Waals surface area (Å²) in [5.74, 6) is 0.677. The number of hydrogen-bond acceptors (Lipinski definition) is 3. The Balaban J connectivity index is 2.09. The Morgan fingerprint density at radius 1 is 1.30 bits per heavy atom. The predicted octanol–water partition coefficient (Wildman–Crippen LogP) is 3.06. The Kier molecular flexibility index (Phi) is 3.87. The molecule has 0 atom stereocenters. The molecule has 1 N–H and O–H groups in total. The van der Waals surface area contributed by atoms with Gasteiger partial charge in [0.2, 0.25) is 0 Å². The van der Waals surface area contributed by atoms with Gasteiger partial charge in [-0.25, -0.2) is 0 Å². The number of hydrogen-bond donors (Lipinski definition) is 1. The van der Waals surface area contributed by atoms with Crippen LogP contribution in [0.1, 0.15) is 11.4 Å². The van der Waals surface area contributed by atoms with E-state index in [9.17, 15) is 13.2 Å². The standard InChI is InChI=1S/C13H14F3N3O/c1-19-10(7-12(18-19)13(14,15)16)8-17-9-4-3-5-11(6-9)20-2/h3-7,17H,8H2,1-2H3. The Hall–Kier alpha value is -2.18. The Morgan fingerprint density at radius 3 is 2.65 bits per heavy atom. The molecule has 0 amide bonds. The van der Waals surface area contributed by atoms with E-state index in [2.05, 4.69) is 10.4 Å². The summed E-state index contributed by atoms with van der Waals surface area (Å²) in [6.07, 6.45) is -4.42. The van der Waals surface area contributed by atoms with E-state index < -0.39 is 11.9 Å². The molecule has 7 heteroatoms. The van der Waals surface area contributed by atoms with Gasteiger partial charge in [-0.15, -0.1) is 0 Å². The van der Waals surface area contributed by atoms with E-state index in [1.165, 1.54) is 11.7 Å². The first-order valence-electron chi connectivity index (χ1n) is 5.88. The number of anilines is 1. The minimum Gasteiger partial charge on any atom is -0.497 e. The molecule has 0 unspecified atom stereocenters. The van der Waals surface area contributed by atoms with E-state index in [0.29, 0.717) is 11.4 Å². The average Bonchev–Trinajstić information content (AvgIpc) is 2.78. The predicted molar refractivity (Wildman–Crippen MR) is 68.5 cm³/mol. The first-order valence-corrected chi connectivity index (χ1v) is 5.88. The van der Waals surface area contributed by atoms with Crippen LogP contribution in [0.5, 0.6) is 5.75 Å². The van der Waals surface area contributed by atoms with Crippen molar-refractivity contribution >= 4 is 5.69 Å². The van der Waals surface area contributed by atoms with Gasteiger partial charge in [0.15, 0.2) is 5.69 Å². The Morgan fingerprint density at radius 2 is 2.05 bits per heavy atom. The van der Waals surface area contributed by atoms with Crippen LogP contribution in [0.2, 0.25) is 0 Å². The van der Waals surface area contributed by atoms with Crippen LogP contribution in [0.15, 0.2) is 30.3 Å². The number of alkyl halides is 3. The van der Waals surface area contributed by atoms with Crippen LogP contribution in [-0.4, -0.2) is 16.9 Å². The molecule has 0 aliphatic heterocycles. The number of benzene rings is 1. The van der Waals surface area contributed by atoms with Crippen molar-refractivity contribution in [3.8, 4) is 5.75 Å². The maximum Gasteiger partial charge on any atom is 0.435 e. The third-order valence-corrected chi connectivity index (χ3v) is 2.81. The van der Waals surface area contributed by atoms with Crippen molar-refractivity contribution < 1.29 is 17.9 Å². The second kappa shape index (κ2) is 5.44. The monoisotopic (exact) mass is 285 g/mol. The fourth-order valence-electron chi connectivity index (χ4n) is 1.74. The van der Waals surface area contributed by atoms with Gasteiger partial charge in [-0.1, -0.05) is 6.07 Å². The van der Waals surface area contributed by atoms with Gasteiger partial charge in [-0.05, 0) is 18.2 Å². The minimum atomic E-state index is -4.42. The van der Waals surface area contributed by atoms with Crippen molar-refractivity contribution in [1.29, 1.82) is 0 Å². The molecular weight excluding hydrogens is 271 g/mol. The molecule has 0 radical (unpaired) electrons. The summed E-state index contributed by atoms with van der Waals surface area (Å²) < 4.78 is 43.9. The number of ether oxygens (including phenoxy) is 1. The van der Waals surface area contributed by atoms with Crippen molar-refractivity contribution in [3.63, 3.8) is 0 Å². The van der Waals surface area contributed by atoms with Gasteiger partial charge >= 0.3 is 6.18 Å². The third kappa shape index (κ3) is 3.23. The number of nitrogens with zero attached hydrogens (tertiary/aromatic N) is 2. The zero-order valence-electron chi connectivity index (χ0n) is 11.0. The van der Waals surface area contributed by atoms with Crippen molar-refractivity contribution in [2.45, 2.75) is 12.7 Å². The van der Waals surface area contributed by atoms with Gasteiger partial charge in [-0.2, -0.15) is 18.3 Å². The van der Waals surface area contributed by atoms with Crippen LogP contribution in [0.3, 0.4) is 0 Å². The number of methoxy groups -OCH3 is 1. The molecule has 20 heavy (non-hydrogen) atoms.